The van der Waals surface area contributed by atoms with Crippen LogP contribution < -0.4 is 5.32 Å². The standard InChI is InChI=1S/C7H13NO4S.C4H10O3S/c1-4-6(9)8-7(2,3)5-13(10,11)12;1-4(2,3)8(5,6)7/h4H,1,5H2,2-3H3,(H,8,9)(H,10,11,12);1-3H3,(H,5,6,7). The van der Waals surface area contributed by atoms with Gasteiger partial charge >= 0.3 is 0 Å². The van der Waals surface area contributed by atoms with Crippen molar-refractivity contribution in [3.8, 4) is 0 Å². The maximum absolute atomic E-state index is 10.8. The lowest BCUT2D eigenvalue weighted by atomic mass is 10.1. The highest BCUT2D eigenvalue weighted by atomic mass is 32.2. The van der Waals surface area contributed by atoms with Gasteiger partial charge in [-0.3, -0.25) is 13.9 Å². The van der Waals surface area contributed by atoms with Crippen molar-refractivity contribution in [2.24, 2.45) is 0 Å². The molecule has 0 aliphatic heterocycles. The van der Waals surface area contributed by atoms with Crippen molar-refractivity contribution < 1.29 is 30.7 Å². The van der Waals surface area contributed by atoms with Gasteiger partial charge in [0, 0.05) is 0 Å². The SMILES string of the molecule is C=CC(=O)NC(C)(C)CS(=O)(=O)O.CC(C)(C)S(=O)(=O)O. The topological polar surface area (TPSA) is 138 Å². The van der Waals surface area contributed by atoms with E-state index in [2.05, 4.69) is 11.9 Å². The minimum atomic E-state index is -4.08. The van der Waals surface area contributed by atoms with E-state index in [1.165, 1.54) is 34.6 Å². The van der Waals surface area contributed by atoms with Gasteiger partial charge in [0.15, 0.2) is 0 Å². The lowest BCUT2D eigenvalue weighted by Crippen LogP contribution is -2.47. The zero-order valence-corrected chi connectivity index (χ0v) is 14.4. The Bertz CT molecular complexity index is 568. The van der Waals surface area contributed by atoms with E-state index >= 15 is 0 Å². The Morgan fingerprint density at radius 2 is 1.43 bits per heavy atom. The van der Waals surface area contributed by atoms with Crippen LogP contribution in [-0.2, 0) is 25.0 Å². The minimum Gasteiger partial charge on any atom is -0.347 e. The van der Waals surface area contributed by atoms with E-state index in [0.717, 1.165) is 6.08 Å². The maximum atomic E-state index is 10.8. The number of carbonyl (C=O) groups is 1. The second kappa shape index (κ2) is 7.34. The number of rotatable bonds is 4. The molecule has 0 bridgehead atoms. The quantitative estimate of drug-likeness (QED) is 0.501. The van der Waals surface area contributed by atoms with E-state index in [1.54, 1.807) is 0 Å². The molecule has 0 saturated heterocycles. The van der Waals surface area contributed by atoms with Crippen LogP contribution in [0.5, 0.6) is 0 Å². The van der Waals surface area contributed by atoms with Crippen LogP contribution >= 0.6 is 0 Å². The summed E-state index contributed by atoms with van der Waals surface area (Å²) in [5.41, 5.74) is -1.00. The molecule has 0 aliphatic rings. The molecule has 0 aromatic heterocycles. The highest BCUT2D eigenvalue weighted by Crippen LogP contribution is 2.11. The summed E-state index contributed by atoms with van der Waals surface area (Å²) in [6, 6.07) is 0. The molecular weight excluding hydrogens is 322 g/mol. The van der Waals surface area contributed by atoms with Crippen LogP contribution in [0.25, 0.3) is 0 Å². The smallest absolute Gasteiger partial charge is 0.269 e. The largest absolute Gasteiger partial charge is 0.347 e. The van der Waals surface area contributed by atoms with Gasteiger partial charge in [0.25, 0.3) is 20.2 Å². The van der Waals surface area contributed by atoms with Gasteiger partial charge in [0.2, 0.25) is 5.91 Å². The number of nitrogens with one attached hydrogen (secondary N) is 1. The summed E-state index contributed by atoms with van der Waals surface area (Å²) >= 11 is 0. The minimum absolute atomic E-state index is 0.478. The summed E-state index contributed by atoms with van der Waals surface area (Å²) in [6.07, 6.45) is 1.03. The third kappa shape index (κ3) is 12.5. The lowest BCUT2D eigenvalue weighted by Gasteiger charge is -2.23. The summed E-state index contributed by atoms with van der Waals surface area (Å²) in [7, 11) is -7.92. The fraction of sp³-hybridized carbons (Fsp3) is 0.727. The van der Waals surface area contributed by atoms with Gasteiger partial charge < -0.3 is 5.32 Å². The van der Waals surface area contributed by atoms with Crippen LogP contribution in [0, 0.1) is 0 Å². The Balaban J connectivity index is 0. The molecule has 0 radical (unpaired) electrons. The monoisotopic (exact) mass is 345 g/mol. The van der Waals surface area contributed by atoms with Crippen molar-refractivity contribution in [2.45, 2.75) is 44.9 Å². The van der Waals surface area contributed by atoms with E-state index in [4.69, 9.17) is 9.11 Å². The number of amides is 1. The average Bonchev–Trinajstić information content (AvgIpc) is 2.09. The highest BCUT2D eigenvalue weighted by Gasteiger charge is 2.26. The molecule has 0 aromatic carbocycles. The Kier molecular flexibility index (Phi) is 7.80. The molecule has 0 aliphatic carbocycles. The molecule has 0 heterocycles. The van der Waals surface area contributed by atoms with Crippen LogP contribution in [0.15, 0.2) is 12.7 Å². The zero-order chi connectivity index (χ0) is 17.7. The van der Waals surface area contributed by atoms with Crippen molar-refractivity contribution in [1.82, 2.24) is 5.32 Å². The first-order chi connectivity index (χ1) is 8.91. The van der Waals surface area contributed by atoms with Gasteiger partial charge in [0.1, 0.15) is 0 Å². The lowest BCUT2D eigenvalue weighted by molar-refractivity contribution is -0.117. The first-order valence-electron chi connectivity index (χ1n) is 5.78. The Morgan fingerprint density at radius 1 is 1.10 bits per heavy atom. The third-order valence-corrected chi connectivity index (χ3v) is 4.60. The predicted octanol–water partition coefficient (Wildman–Crippen LogP) is 0.628. The normalized spacial score (nSPS) is 12.9. The molecule has 0 rings (SSSR count). The molecule has 0 atom stereocenters. The van der Waals surface area contributed by atoms with Gasteiger partial charge in [0.05, 0.1) is 16.0 Å². The Hall–Kier alpha value is -0.970. The number of hydrogen-bond donors (Lipinski definition) is 3. The van der Waals surface area contributed by atoms with Gasteiger partial charge in [-0.2, -0.15) is 16.8 Å². The summed E-state index contributed by atoms with van der Waals surface area (Å²) in [4.78, 5) is 10.8. The van der Waals surface area contributed by atoms with Gasteiger partial charge in [-0.05, 0) is 40.7 Å². The fourth-order valence-electron chi connectivity index (χ4n) is 0.877. The highest BCUT2D eigenvalue weighted by molar-refractivity contribution is 7.87. The first kappa shape index (κ1) is 22.3. The fourth-order valence-corrected chi connectivity index (χ4v) is 1.86. The second-order valence-corrected chi connectivity index (χ2v) is 9.52. The first-order valence-corrected chi connectivity index (χ1v) is 8.83. The van der Waals surface area contributed by atoms with Crippen molar-refractivity contribution in [1.29, 1.82) is 0 Å². The number of carbonyl (C=O) groups excluding carboxylic acids is 1. The molecule has 10 heteroatoms. The van der Waals surface area contributed by atoms with E-state index in [1.807, 2.05) is 0 Å². The van der Waals surface area contributed by atoms with Crippen LogP contribution in [0.1, 0.15) is 34.6 Å². The predicted molar refractivity (Wildman–Crippen MR) is 80.1 cm³/mol. The Morgan fingerprint density at radius 3 is 1.62 bits per heavy atom. The van der Waals surface area contributed by atoms with Gasteiger partial charge in [-0.25, -0.2) is 0 Å². The van der Waals surface area contributed by atoms with Crippen molar-refractivity contribution in [3.63, 3.8) is 0 Å². The summed E-state index contributed by atoms with van der Waals surface area (Å²) in [6.45, 7) is 10.5. The van der Waals surface area contributed by atoms with Crippen molar-refractivity contribution in [3.05, 3.63) is 12.7 Å². The van der Waals surface area contributed by atoms with E-state index in [-0.39, 0.29) is 0 Å². The van der Waals surface area contributed by atoms with Crippen molar-refractivity contribution >= 4 is 26.1 Å². The molecule has 126 valence electrons. The molecule has 0 fully saturated rings. The summed E-state index contributed by atoms with van der Waals surface area (Å²) in [5.74, 6) is -1.01. The molecule has 1 amide bonds. The molecular formula is C11H23NO7S2. The molecule has 3 N–H and O–H groups in total. The van der Waals surface area contributed by atoms with Crippen LogP contribution in [0.4, 0.5) is 0 Å². The van der Waals surface area contributed by atoms with Crippen LogP contribution in [0.2, 0.25) is 0 Å². The van der Waals surface area contributed by atoms with Crippen LogP contribution in [0.3, 0.4) is 0 Å². The Labute approximate surface area is 126 Å². The average molecular weight is 345 g/mol. The van der Waals surface area contributed by atoms with E-state index in [0.29, 0.717) is 0 Å². The summed E-state index contributed by atoms with van der Waals surface area (Å²) < 4.78 is 57.2. The van der Waals surface area contributed by atoms with Crippen molar-refractivity contribution in [2.75, 3.05) is 5.75 Å². The van der Waals surface area contributed by atoms with Crippen LogP contribution in [-0.4, -0.2) is 47.9 Å². The molecule has 21 heavy (non-hydrogen) atoms. The molecule has 0 spiro atoms. The van der Waals surface area contributed by atoms with E-state index in [9.17, 15) is 21.6 Å². The second-order valence-electron chi connectivity index (χ2n) is 5.89. The molecule has 0 saturated carbocycles. The number of hydrogen-bond acceptors (Lipinski definition) is 5. The third-order valence-electron chi connectivity index (χ3n) is 1.96. The molecule has 0 unspecified atom stereocenters. The zero-order valence-electron chi connectivity index (χ0n) is 12.7. The maximum Gasteiger partial charge on any atom is 0.269 e. The summed E-state index contributed by atoms with van der Waals surface area (Å²) in [5, 5.41) is 2.37. The van der Waals surface area contributed by atoms with Gasteiger partial charge in [-0.1, -0.05) is 6.58 Å². The molecule has 0 aromatic rings. The molecule has 8 nitrogen and oxygen atoms in total. The van der Waals surface area contributed by atoms with Gasteiger partial charge in [-0.15, -0.1) is 0 Å². The van der Waals surface area contributed by atoms with E-state index < -0.39 is 42.2 Å².